The van der Waals surface area contributed by atoms with E-state index in [2.05, 4.69) is 10.1 Å². The summed E-state index contributed by atoms with van der Waals surface area (Å²) in [5.41, 5.74) is 5.52. The third-order valence-electron chi connectivity index (χ3n) is 2.44. The maximum atomic E-state index is 8.75. The van der Waals surface area contributed by atoms with Crippen LogP contribution >= 0.6 is 0 Å². The third-order valence-corrected chi connectivity index (χ3v) is 2.44. The molecule has 72 valence electrons. The number of aliphatic hydroxyl groups excluding tert-OH is 1. The predicted molar refractivity (Wildman–Crippen MR) is 44.9 cm³/mol. The average molecular weight is 183 g/mol. The average Bonchev–Trinajstić information content (AvgIpc) is 2.49. The van der Waals surface area contributed by atoms with Crippen molar-refractivity contribution in [2.24, 2.45) is 5.73 Å². The Bertz CT molecular complexity index is 263. The maximum absolute atomic E-state index is 8.75. The Morgan fingerprint density at radius 2 is 2.38 bits per heavy atom. The second kappa shape index (κ2) is 3.43. The SMILES string of the molecule is NC(CO)c1nc(C2CCC2)no1. The summed E-state index contributed by atoms with van der Waals surface area (Å²) < 4.78 is 4.93. The van der Waals surface area contributed by atoms with E-state index < -0.39 is 6.04 Å². The molecule has 0 spiro atoms. The first kappa shape index (κ1) is 8.65. The molecule has 5 heteroatoms. The Labute approximate surface area is 75.9 Å². The summed E-state index contributed by atoms with van der Waals surface area (Å²) in [6.07, 6.45) is 3.50. The maximum Gasteiger partial charge on any atom is 0.245 e. The third kappa shape index (κ3) is 1.57. The van der Waals surface area contributed by atoms with Gasteiger partial charge in [0.15, 0.2) is 5.82 Å². The lowest BCUT2D eigenvalue weighted by molar-refractivity contribution is 0.236. The van der Waals surface area contributed by atoms with Crippen molar-refractivity contribution in [2.75, 3.05) is 6.61 Å². The fraction of sp³-hybridized carbons (Fsp3) is 0.750. The molecule has 0 radical (unpaired) electrons. The molecule has 1 aliphatic carbocycles. The normalized spacial score (nSPS) is 19.8. The fourth-order valence-corrected chi connectivity index (χ4v) is 1.31. The van der Waals surface area contributed by atoms with Crippen molar-refractivity contribution < 1.29 is 9.63 Å². The van der Waals surface area contributed by atoms with Crippen LogP contribution in [0.15, 0.2) is 4.52 Å². The number of hydrogen-bond donors (Lipinski definition) is 2. The van der Waals surface area contributed by atoms with Gasteiger partial charge in [-0.15, -0.1) is 0 Å². The van der Waals surface area contributed by atoms with Crippen LogP contribution in [0.5, 0.6) is 0 Å². The molecule has 1 aromatic heterocycles. The summed E-state index contributed by atoms with van der Waals surface area (Å²) in [5, 5.41) is 12.6. The molecule has 1 atom stereocenters. The lowest BCUT2D eigenvalue weighted by atomic mass is 9.85. The molecular formula is C8H13N3O2. The van der Waals surface area contributed by atoms with Crippen molar-refractivity contribution in [2.45, 2.75) is 31.2 Å². The summed E-state index contributed by atoms with van der Waals surface area (Å²) in [6.45, 7) is -0.160. The van der Waals surface area contributed by atoms with Crippen LogP contribution in [0.2, 0.25) is 0 Å². The predicted octanol–water partition coefficient (Wildman–Crippen LogP) is 0.329. The van der Waals surface area contributed by atoms with Crippen LogP contribution in [0.3, 0.4) is 0 Å². The van der Waals surface area contributed by atoms with E-state index in [1.807, 2.05) is 0 Å². The monoisotopic (exact) mass is 183 g/mol. The van der Waals surface area contributed by atoms with Crippen molar-refractivity contribution in [3.63, 3.8) is 0 Å². The minimum Gasteiger partial charge on any atom is -0.394 e. The minimum absolute atomic E-state index is 0.160. The summed E-state index contributed by atoms with van der Waals surface area (Å²) in [7, 11) is 0. The zero-order valence-corrected chi connectivity index (χ0v) is 7.31. The highest BCUT2D eigenvalue weighted by molar-refractivity contribution is 5.01. The molecule has 1 heterocycles. The zero-order chi connectivity index (χ0) is 9.26. The highest BCUT2D eigenvalue weighted by Crippen LogP contribution is 2.34. The molecule has 3 N–H and O–H groups in total. The van der Waals surface area contributed by atoms with Gasteiger partial charge in [0, 0.05) is 5.92 Å². The van der Waals surface area contributed by atoms with E-state index in [-0.39, 0.29) is 6.61 Å². The van der Waals surface area contributed by atoms with Crippen LogP contribution in [0.25, 0.3) is 0 Å². The van der Waals surface area contributed by atoms with Gasteiger partial charge >= 0.3 is 0 Å². The Balaban J connectivity index is 2.08. The number of hydrogen-bond acceptors (Lipinski definition) is 5. The molecule has 0 aromatic carbocycles. The summed E-state index contributed by atoms with van der Waals surface area (Å²) in [6, 6.07) is -0.540. The van der Waals surface area contributed by atoms with E-state index in [4.69, 9.17) is 15.4 Å². The highest BCUT2D eigenvalue weighted by Gasteiger charge is 2.25. The Morgan fingerprint density at radius 3 is 2.92 bits per heavy atom. The molecule has 0 bridgehead atoms. The molecule has 1 saturated carbocycles. The lowest BCUT2D eigenvalue weighted by Gasteiger charge is -2.20. The quantitative estimate of drug-likeness (QED) is 0.705. The molecule has 0 saturated heterocycles. The van der Waals surface area contributed by atoms with Crippen molar-refractivity contribution in [1.82, 2.24) is 10.1 Å². The molecule has 13 heavy (non-hydrogen) atoms. The lowest BCUT2D eigenvalue weighted by Crippen LogP contribution is -2.15. The van der Waals surface area contributed by atoms with Gasteiger partial charge in [0.1, 0.15) is 6.04 Å². The highest BCUT2D eigenvalue weighted by atomic mass is 16.5. The van der Waals surface area contributed by atoms with Gasteiger partial charge < -0.3 is 15.4 Å². The summed E-state index contributed by atoms with van der Waals surface area (Å²) >= 11 is 0. The van der Waals surface area contributed by atoms with Gasteiger partial charge in [0.05, 0.1) is 6.61 Å². The number of aromatic nitrogens is 2. The molecule has 5 nitrogen and oxygen atoms in total. The smallest absolute Gasteiger partial charge is 0.245 e. The molecule has 1 aliphatic rings. The van der Waals surface area contributed by atoms with E-state index in [0.29, 0.717) is 11.8 Å². The summed E-state index contributed by atoms with van der Waals surface area (Å²) in [4.78, 5) is 4.14. The van der Waals surface area contributed by atoms with Gasteiger partial charge in [0.25, 0.3) is 0 Å². The number of rotatable bonds is 3. The van der Waals surface area contributed by atoms with Crippen LogP contribution in [-0.4, -0.2) is 21.9 Å². The standard InChI is InChI=1S/C8H13N3O2/c9-6(4-12)8-10-7(11-13-8)5-2-1-3-5/h5-6,12H,1-4,9H2. The van der Waals surface area contributed by atoms with Crippen molar-refractivity contribution in [3.8, 4) is 0 Å². The van der Waals surface area contributed by atoms with E-state index in [9.17, 15) is 0 Å². The van der Waals surface area contributed by atoms with Gasteiger partial charge in [-0.3, -0.25) is 0 Å². The van der Waals surface area contributed by atoms with Crippen molar-refractivity contribution in [3.05, 3.63) is 11.7 Å². The molecule has 0 aliphatic heterocycles. The molecular weight excluding hydrogens is 170 g/mol. The minimum atomic E-state index is -0.540. The fourth-order valence-electron chi connectivity index (χ4n) is 1.31. The van der Waals surface area contributed by atoms with Crippen LogP contribution in [0, 0.1) is 0 Å². The molecule has 0 amide bonds. The number of aliphatic hydroxyl groups is 1. The molecule has 1 fully saturated rings. The Kier molecular flexibility index (Phi) is 2.28. The van der Waals surface area contributed by atoms with Crippen molar-refractivity contribution in [1.29, 1.82) is 0 Å². The van der Waals surface area contributed by atoms with Crippen molar-refractivity contribution >= 4 is 0 Å². The van der Waals surface area contributed by atoms with Crippen LogP contribution in [0.4, 0.5) is 0 Å². The molecule has 1 unspecified atom stereocenters. The topological polar surface area (TPSA) is 85.2 Å². The zero-order valence-electron chi connectivity index (χ0n) is 7.31. The molecule has 1 aromatic rings. The number of nitrogens with zero attached hydrogens (tertiary/aromatic N) is 2. The van der Waals surface area contributed by atoms with Gasteiger partial charge in [-0.1, -0.05) is 11.6 Å². The van der Waals surface area contributed by atoms with Crippen LogP contribution in [-0.2, 0) is 0 Å². The van der Waals surface area contributed by atoms with Gasteiger partial charge in [-0.05, 0) is 12.8 Å². The molecule has 2 rings (SSSR count). The first-order valence-corrected chi connectivity index (χ1v) is 4.51. The van der Waals surface area contributed by atoms with E-state index in [1.165, 1.54) is 6.42 Å². The van der Waals surface area contributed by atoms with E-state index in [1.54, 1.807) is 0 Å². The number of nitrogens with two attached hydrogens (primary N) is 1. The first-order chi connectivity index (χ1) is 6.31. The second-order valence-corrected chi connectivity index (χ2v) is 3.41. The Hall–Kier alpha value is -0.940. The van der Waals surface area contributed by atoms with Gasteiger partial charge in [-0.2, -0.15) is 4.98 Å². The Morgan fingerprint density at radius 1 is 1.62 bits per heavy atom. The van der Waals surface area contributed by atoms with Crippen LogP contribution < -0.4 is 5.73 Å². The van der Waals surface area contributed by atoms with Crippen LogP contribution in [0.1, 0.15) is 42.9 Å². The summed E-state index contributed by atoms with van der Waals surface area (Å²) in [5.74, 6) is 1.53. The van der Waals surface area contributed by atoms with Gasteiger partial charge in [0.2, 0.25) is 5.89 Å². The first-order valence-electron chi connectivity index (χ1n) is 4.51. The van der Waals surface area contributed by atoms with E-state index >= 15 is 0 Å². The second-order valence-electron chi connectivity index (χ2n) is 3.41. The van der Waals surface area contributed by atoms with Gasteiger partial charge in [-0.25, -0.2) is 0 Å². The largest absolute Gasteiger partial charge is 0.394 e. The van der Waals surface area contributed by atoms with E-state index in [0.717, 1.165) is 18.7 Å².